The SMILES string of the molecule is CC(=O)NCC1CN(c2cccc(N3CCOC[C@@H]3F)c2)C(=O)O1. The Bertz CT molecular complexity index is 627. The number of ether oxygens (including phenoxy) is 2. The minimum Gasteiger partial charge on any atom is -0.442 e. The Labute approximate surface area is 139 Å². The van der Waals surface area contributed by atoms with Gasteiger partial charge in [0.2, 0.25) is 5.91 Å². The molecule has 0 aliphatic carbocycles. The number of nitrogens with one attached hydrogen (secondary N) is 1. The summed E-state index contributed by atoms with van der Waals surface area (Å²) in [4.78, 5) is 26.1. The summed E-state index contributed by atoms with van der Waals surface area (Å²) in [5.74, 6) is -0.173. The normalized spacial score (nSPS) is 24.0. The van der Waals surface area contributed by atoms with Crippen LogP contribution < -0.4 is 15.1 Å². The maximum atomic E-state index is 14.0. The topological polar surface area (TPSA) is 71.1 Å². The molecule has 0 radical (unpaired) electrons. The van der Waals surface area contributed by atoms with Crippen LogP contribution in [0.1, 0.15) is 6.92 Å². The number of benzene rings is 1. The summed E-state index contributed by atoms with van der Waals surface area (Å²) in [5, 5.41) is 2.63. The number of amides is 2. The lowest BCUT2D eigenvalue weighted by Crippen LogP contribution is -2.43. The first-order valence-corrected chi connectivity index (χ1v) is 7.85. The second kappa shape index (κ2) is 7.04. The van der Waals surface area contributed by atoms with Crippen molar-refractivity contribution < 1.29 is 23.5 Å². The molecule has 1 aromatic carbocycles. The summed E-state index contributed by atoms with van der Waals surface area (Å²) in [5.41, 5.74) is 1.34. The summed E-state index contributed by atoms with van der Waals surface area (Å²) in [6, 6.07) is 7.12. The van der Waals surface area contributed by atoms with Crippen molar-refractivity contribution in [2.24, 2.45) is 0 Å². The van der Waals surface area contributed by atoms with Crippen LogP contribution in [0, 0.1) is 0 Å². The van der Waals surface area contributed by atoms with Crippen LogP contribution in [0.25, 0.3) is 0 Å². The van der Waals surface area contributed by atoms with E-state index in [9.17, 15) is 14.0 Å². The Morgan fingerprint density at radius 2 is 2.21 bits per heavy atom. The number of cyclic esters (lactones) is 1. The Kier molecular flexibility index (Phi) is 4.84. The van der Waals surface area contributed by atoms with Gasteiger partial charge in [-0.25, -0.2) is 9.18 Å². The quantitative estimate of drug-likeness (QED) is 0.838. The Balaban J connectivity index is 1.71. The van der Waals surface area contributed by atoms with Gasteiger partial charge in [0.25, 0.3) is 0 Å². The number of nitrogens with zero attached hydrogens (tertiary/aromatic N) is 2. The molecule has 0 bridgehead atoms. The molecule has 2 fully saturated rings. The van der Waals surface area contributed by atoms with Crippen LogP contribution in [-0.4, -0.2) is 57.2 Å². The molecule has 2 heterocycles. The van der Waals surface area contributed by atoms with Crippen molar-refractivity contribution in [3.63, 3.8) is 0 Å². The summed E-state index contributed by atoms with van der Waals surface area (Å²) < 4.78 is 24.4. The van der Waals surface area contributed by atoms with Gasteiger partial charge in [-0.05, 0) is 18.2 Å². The first-order chi connectivity index (χ1) is 11.5. The molecule has 2 aliphatic rings. The summed E-state index contributed by atoms with van der Waals surface area (Å²) >= 11 is 0. The molecule has 2 saturated heterocycles. The molecule has 0 saturated carbocycles. The minimum absolute atomic E-state index is 0.0365. The van der Waals surface area contributed by atoms with E-state index in [0.717, 1.165) is 0 Å². The molecule has 1 aromatic rings. The molecule has 2 atom stereocenters. The second-order valence-corrected chi connectivity index (χ2v) is 5.78. The van der Waals surface area contributed by atoms with Gasteiger partial charge in [0.05, 0.1) is 26.3 Å². The highest BCUT2D eigenvalue weighted by molar-refractivity contribution is 5.90. The van der Waals surface area contributed by atoms with Crippen molar-refractivity contribution in [1.29, 1.82) is 0 Å². The monoisotopic (exact) mass is 337 g/mol. The van der Waals surface area contributed by atoms with Gasteiger partial charge in [0.15, 0.2) is 6.30 Å². The molecule has 2 amide bonds. The van der Waals surface area contributed by atoms with Crippen LogP contribution in [0.3, 0.4) is 0 Å². The van der Waals surface area contributed by atoms with E-state index in [4.69, 9.17) is 9.47 Å². The number of hydrogen-bond acceptors (Lipinski definition) is 5. The van der Waals surface area contributed by atoms with E-state index in [0.29, 0.717) is 31.1 Å². The fourth-order valence-electron chi connectivity index (χ4n) is 2.80. The zero-order valence-electron chi connectivity index (χ0n) is 13.4. The average molecular weight is 337 g/mol. The molecular weight excluding hydrogens is 317 g/mol. The smallest absolute Gasteiger partial charge is 0.414 e. The number of morpholine rings is 1. The van der Waals surface area contributed by atoms with Gasteiger partial charge in [-0.3, -0.25) is 9.69 Å². The number of anilines is 2. The number of rotatable bonds is 4. The van der Waals surface area contributed by atoms with Gasteiger partial charge in [0, 0.05) is 24.8 Å². The number of hydrogen-bond donors (Lipinski definition) is 1. The molecule has 2 aliphatic heterocycles. The van der Waals surface area contributed by atoms with Crippen molar-refractivity contribution in [3.05, 3.63) is 24.3 Å². The van der Waals surface area contributed by atoms with Crippen LogP contribution in [0.5, 0.6) is 0 Å². The van der Waals surface area contributed by atoms with Gasteiger partial charge < -0.3 is 19.7 Å². The second-order valence-electron chi connectivity index (χ2n) is 5.78. The summed E-state index contributed by atoms with van der Waals surface area (Å²) in [6.45, 7) is 2.98. The van der Waals surface area contributed by atoms with E-state index < -0.39 is 18.5 Å². The van der Waals surface area contributed by atoms with E-state index >= 15 is 0 Å². The highest BCUT2D eigenvalue weighted by Gasteiger charge is 2.33. The van der Waals surface area contributed by atoms with Crippen LogP contribution in [0.2, 0.25) is 0 Å². The van der Waals surface area contributed by atoms with Crippen molar-refractivity contribution in [1.82, 2.24) is 5.32 Å². The maximum absolute atomic E-state index is 14.0. The van der Waals surface area contributed by atoms with Crippen molar-refractivity contribution in [2.45, 2.75) is 19.3 Å². The van der Waals surface area contributed by atoms with Crippen molar-refractivity contribution >= 4 is 23.4 Å². The van der Waals surface area contributed by atoms with Gasteiger partial charge in [-0.1, -0.05) is 6.07 Å². The van der Waals surface area contributed by atoms with E-state index in [1.54, 1.807) is 29.2 Å². The zero-order valence-corrected chi connectivity index (χ0v) is 13.4. The number of halogens is 1. The van der Waals surface area contributed by atoms with Gasteiger partial charge in [0.1, 0.15) is 6.10 Å². The maximum Gasteiger partial charge on any atom is 0.414 e. The highest BCUT2D eigenvalue weighted by Crippen LogP contribution is 2.28. The molecule has 7 nitrogen and oxygen atoms in total. The largest absolute Gasteiger partial charge is 0.442 e. The van der Waals surface area contributed by atoms with E-state index in [1.165, 1.54) is 11.8 Å². The van der Waals surface area contributed by atoms with E-state index in [1.807, 2.05) is 0 Å². The average Bonchev–Trinajstić information content (AvgIpc) is 2.94. The van der Waals surface area contributed by atoms with Crippen LogP contribution in [0.4, 0.5) is 20.6 Å². The van der Waals surface area contributed by atoms with E-state index in [-0.39, 0.29) is 19.1 Å². The molecule has 1 N–H and O–H groups in total. The summed E-state index contributed by atoms with van der Waals surface area (Å²) in [6.07, 6.45) is -2.07. The van der Waals surface area contributed by atoms with Crippen molar-refractivity contribution in [2.75, 3.05) is 42.6 Å². The Morgan fingerprint density at radius 1 is 1.42 bits per heavy atom. The first-order valence-electron chi connectivity index (χ1n) is 7.85. The molecular formula is C16H20FN3O4. The number of carbonyl (C=O) groups is 2. The number of carbonyl (C=O) groups excluding carboxylic acids is 2. The third-order valence-electron chi connectivity index (χ3n) is 4.00. The third-order valence-corrected chi connectivity index (χ3v) is 4.00. The number of alkyl halides is 1. The van der Waals surface area contributed by atoms with Crippen LogP contribution in [-0.2, 0) is 14.3 Å². The predicted octanol–water partition coefficient (Wildman–Crippen LogP) is 1.28. The Morgan fingerprint density at radius 3 is 2.96 bits per heavy atom. The molecule has 0 spiro atoms. The van der Waals surface area contributed by atoms with Gasteiger partial charge in [-0.2, -0.15) is 0 Å². The molecule has 8 heteroatoms. The molecule has 130 valence electrons. The van der Waals surface area contributed by atoms with E-state index in [2.05, 4.69) is 5.32 Å². The zero-order chi connectivity index (χ0) is 17.1. The first kappa shape index (κ1) is 16.5. The van der Waals surface area contributed by atoms with Crippen LogP contribution >= 0.6 is 0 Å². The van der Waals surface area contributed by atoms with Gasteiger partial charge in [-0.15, -0.1) is 0 Å². The summed E-state index contributed by atoms with van der Waals surface area (Å²) in [7, 11) is 0. The third kappa shape index (κ3) is 3.59. The Hall–Kier alpha value is -2.35. The molecule has 24 heavy (non-hydrogen) atoms. The fourth-order valence-corrected chi connectivity index (χ4v) is 2.80. The molecule has 3 rings (SSSR count). The molecule has 0 aromatic heterocycles. The van der Waals surface area contributed by atoms with Crippen LogP contribution in [0.15, 0.2) is 24.3 Å². The lowest BCUT2D eigenvalue weighted by Gasteiger charge is -2.32. The standard InChI is InChI=1S/C16H20FN3O4/c1-11(21)18-8-14-9-20(16(22)24-14)13-4-2-3-12(7-13)19-5-6-23-10-15(19)17/h2-4,7,14-15H,5-6,8-10H2,1H3,(H,18,21)/t14?,15-/m1/s1. The molecule has 1 unspecified atom stereocenters. The van der Waals surface area contributed by atoms with Gasteiger partial charge >= 0.3 is 6.09 Å². The van der Waals surface area contributed by atoms with Crippen molar-refractivity contribution in [3.8, 4) is 0 Å². The minimum atomic E-state index is -1.20. The fraction of sp³-hybridized carbons (Fsp3) is 0.500. The highest BCUT2D eigenvalue weighted by atomic mass is 19.1. The predicted molar refractivity (Wildman–Crippen MR) is 85.8 cm³/mol. The lowest BCUT2D eigenvalue weighted by molar-refractivity contribution is -0.119. The lowest BCUT2D eigenvalue weighted by atomic mass is 10.2.